The number of ether oxygens (including phenoxy) is 2. The van der Waals surface area contributed by atoms with Gasteiger partial charge in [-0.25, -0.2) is 0 Å². The van der Waals surface area contributed by atoms with E-state index in [0.29, 0.717) is 23.9 Å². The lowest BCUT2D eigenvalue weighted by Crippen LogP contribution is -2.38. The number of hydrogen-bond donors (Lipinski definition) is 1. The van der Waals surface area contributed by atoms with Gasteiger partial charge in [-0.2, -0.15) is 4.99 Å². The Morgan fingerprint density at radius 3 is 2.91 bits per heavy atom. The molecular formula is C15H16N2O4S. The van der Waals surface area contributed by atoms with Crippen LogP contribution >= 0.6 is 11.8 Å². The zero-order chi connectivity index (χ0) is 15.5. The molecule has 0 aromatic heterocycles. The summed E-state index contributed by atoms with van der Waals surface area (Å²) in [5, 5.41) is 10.3. The quantitative estimate of drug-likeness (QED) is 0.837. The summed E-state index contributed by atoms with van der Waals surface area (Å²) in [6, 6.07) is 4.95. The van der Waals surface area contributed by atoms with E-state index in [1.165, 1.54) is 18.9 Å². The molecule has 3 rings (SSSR count). The van der Waals surface area contributed by atoms with Gasteiger partial charge >= 0.3 is 0 Å². The van der Waals surface area contributed by atoms with Crippen LogP contribution in [0.3, 0.4) is 0 Å². The van der Waals surface area contributed by atoms with Crippen LogP contribution in [0, 0.1) is 0 Å². The predicted molar refractivity (Wildman–Crippen MR) is 85.1 cm³/mol. The number of amidine groups is 1. The normalized spacial score (nSPS) is 20.4. The molecule has 2 heterocycles. The van der Waals surface area contributed by atoms with Crippen LogP contribution in [-0.4, -0.2) is 54.5 Å². The molecule has 0 unspecified atom stereocenters. The summed E-state index contributed by atoms with van der Waals surface area (Å²) in [6.45, 7) is 2.81. The maximum Gasteiger partial charge on any atom is 0.286 e. The number of thioether (sulfide) groups is 1. The fourth-order valence-electron chi connectivity index (χ4n) is 2.22. The van der Waals surface area contributed by atoms with Gasteiger partial charge < -0.3 is 19.5 Å². The van der Waals surface area contributed by atoms with Gasteiger partial charge in [0.2, 0.25) is 0 Å². The molecule has 1 amide bonds. The van der Waals surface area contributed by atoms with Gasteiger partial charge in [0.1, 0.15) is 0 Å². The maximum absolute atomic E-state index is 12.0. The average molecular weight is 320 g/mol. The van der Waals surface area contributed by atoms with E-state index in [1.807, 2.05) is 0 Å². The molecule has 0 aliphatic carbocycles. The first-order valence-electron chi connectivity index (χ1n) is 6.89. The number of carbonyl (C=O) groups is 1. The highest BCUT2D eigenvalue weighted by Gasteiger charge is 2.27. The van der Waals surface area contributed by atoms with E-state index in [4.69, 9.17) is 9.47 Å². The summed E-state index contributed by atoms with van der Waals surface area (Å²) in [5.74, 6) is 0.206. The van der Waals surface area contributed by atoms with Crippen molar-refractivity contribution in [2.45, 2.75) is 0 Å². The van der Waals surface area contributed by atoms with Crippen molar-refractivity contribution >= 4 is 28.9 Å². The Kier molecular flexibility index (Phi) is 4.35. The minimum Gasteiger partial charge on any atom is -0.504 e. The van der Waals surface area contributed by atoms with Crippen molar-refractivity contribution in [3.05, 3.63) is 28.7 Å². The number of phenolic OH excluding ortho intramolecular Hbond substituents is 1. The number of hydrogen-bond acceptors (Lipinski definition) is 6. The third-order valence-electron chi connectivity index (χ3n) is 3.39. The SMILES string of the molecule is COc1cc(/C=C2\SC(N3CCOCC3)=NC2=O)ccc1O. The lowest BCUT2D eigenvalue weighted by molar-refractivity contribution is -0.113. The Morgan fingerprint density at radius 1 is 1.41 bits per heavy atom. The second-order valence-electron chi connectivity index (χ2n) is 4.84. The Balaban J connectivity index is 1.77. The van der Waals surface area contributed by atoms with Gasteiger partial charge in [0, 0.05) is 13.1 Å². The Hall–Kier alpha value is -1.99. The fourth-order valence-corrected chi connectivity index (χ4v) is 3.19. The molecule has 2 aliphatic heterocycles. The number of benzene rings is 1. The van der Waals surface area contributed by atoms with E-state index in [1.54, 1.807) is 24.3 Å². The zero-order valence-corrected chi connectivity index (χ0v) is 12.9. The van der Waals surface area contributed by atoms with Crippen molar-refractivity contribution in [2.24, 2.45) is 4.99 Å². The third kappa shape index (κ3) is 3.10. The number of rotatable bonds is 2. The largest absolute Gasteiger partial charge is 0.504 e. The number of nitrogens with zero attached hydrogens (tertiary/aromatic N) is 2. The van der Waals surface area contributed by atoms with Crippen LogP contribution in [-0.2, 0) is 9.53 Å². The van der Waals surface area contributed by atoms with E-state index in [9.17, 15) is 9.90 Å². The molecule has 1 fully saturated rings. The molecule has 0 atom stereocenters. The lowest BCUT2D eigenvalue weighted by atomic mass is 10.2. The molecule has 116 valence electrons. The molecule has 1 saturated heterocycles. The monoisotopic (exact) mass is 320 g/mol. The number of aromatic hydroxyl groups is 1. The van der Waals surface area contributed by atoms with E-state index in [0.717, 1.165) is 23.8 Å². The van der Waals surface area contributed by atoms with Gasteiger partial charge in [0.15, 0.2) is 16.7 Å². The first kappa shape index (κ1) is 14.9. The van der Waals surface area contributed by atoms with Crippen LogP contribution < -0.4 is 4.74 Å². The first-order valence-corrected chi connectivity index (χ1v) is 7.71. The Labute approximate surface area is 132 Å². The number of phenols is 1. The molecule has 2 aliphatic rings. The summed E-state index contributed by atoms with van der Waals surface area (Å²) < 4.78 is 10.4. The number of carbonyl (C=O) groups excluding carboxylic acids is 1. The van der Waals surface area contributed by atoms with E-state index in [2.05, 4.69) is 9.89 Å². The minimum absolute atomic E-state index is 0.0697. The summed E-state index contributed by atoms with van der Waals surface area (Å²) in [5.41, 5.74) is 0.781. The molecule has 0 radical (unpaired) electrons. The topological polar surface area (TPSA) is 71.4 Å². The predicted octanol–water partition coefficient (Wildman–Crippen LogP) is 1.70. The Morgan fingerprint density at radius 2 is 2.18 bits per heavy atom. The highest BCUT2D eigenvalue weighted by Crippen LogP contribution is 2.32. The number of morpholine rings is 1. The van der Waals surface area contributed by atoms with Crippen molar-refractivity contribution in [3.8, 4) is 11.5 Å². The molecular weight excluding hydrogens is 304 g/mol. The number of aliphatic imine (C=N–C) groups is 1. The van der Waals surface area contributed by atoms with E-state index in [-0.39, 0.29) is 11.7 Å². The van der Waals surface area contributed by atoms with Crippen LogP contribution in [0.25, 0.3) is 6.08 Å². The molecule has 0 saturated carbocycles. The molecule has 1 aromatic rings. The summed E-state index contributed by atoms with van der Waals surface area (Å²) in [4.78, 5) is 18.8. The van der Waals surface area contributed by atoms with Crippen molar-refractivity contribution in [1.29, 1.82) is 0 Å². The lowest BCUT2D eigenvalue weighted by Gasteiger charge is -2.27. The second-order valence-corrected chi connectivity index (χ2v) is 5.85. The average Bonchev–Trinajstić information content (AvgIpc) is 2.91. The van der Waals surface area contributed by atoms with Gasteiger partial charge in [0.05, 0.1) is 25.2 Å². The van der Waals surface area contributed by atoms with Crippen molar-refractivity contribution in [1.82, 2.24) is 4.90 Å². The van der Waals surface area contributed by atoms with Crippen LogP contribution in [0.15, 0.2) is 28.1 Å². The van der Waals surface area contributed by atoms with E-state index >= 15 is 0 Å². The maximum atomic E-state index is 12.0. The Bertz CT molecular complexity index is 651. The molecule has 1 N–H and O–H groups in total. The summed E-state index contributed by atoms with van der Waals surface area (Å²) >= 11 is 1.37. The van der Waals surface area contributed by atoms with Gasteiger partial charge in [-0.1, -0.05) is 6.07 Å². The molecule has 0 spiro atoms. The summed E-state index contributed by atoms with van der Waals surface area (Å²) in [7, 11) is 1.49. The highest BCUT2D eigenvalue weighted by molar-refractivity contribution is 8.18. The molecule has 6 nitrogen and oxygen atoms in total. The van der Waals surface area contributed by atoms with Crippen molar-refractivity contribution in [2.75, 3.05) is 33.4 Å². The van der Waals surface area contributed by atoms with Crippen LogP contribution in [0.4, 0.5) is 0 Å². The van der Waals surface area contributed by atoms with E-state index < -0.39 is 0 Å². The van der Waals surface area contributed by atoms with Crippen LogP contribution in [0.1, 0.15) is 5.56 Å². The first-order chi connectivity index (χ1) is 10.7. The van der Waals surface area contributed by atoms with Gasteiger partial charge in [-0.3, -0.25) is 4.79 Å². The number of amides is 1. The minimum atomic E-state index is -0.237. The molecule has 0 bridgehead atoms. The van der Waals surface area contributed by atoms with Crippen molar-refractivity contribution in [3.63, 3.8) is 0 Å². The second kappa shape index (κ2) is 6.41. The van der Waals surface area contributed by atoms with Crippen LogP contribution in [0.5, 0.6) is 11.5 Å². The zero-order valence-electron chi connectivity index (χ0n) is 12.1. The van der Waals surface area contributed by atoms with Crippen molar-refractivity contribution < 1.29 is 19.4 Å². The molecule has 7 heteroatoms. The fraction of sp³-hybridized carbons (Fsp3) is 0.333. The van der Waals surface area contributed by atoms with Gasteiger partial charge in [0.25, 0.3) is 5.91 Å². The van der Waals surface area contributed by atoms with Gasteiger partial charge in [-0.05, 0) is 35.5 Å². The highest BCUT2D eigenvalue weighted by atomic mass is 32.2. The smallest absolute Gasteiger partial charge is 0.286 e. The van der Waals surface area contributed by atoms with Crippen LogP contribution in [0.2, 0.25) is 0 Å². The van der Waals surface area contributed by atoms with Gasteiger partial charge in [-0.15, -0.1) is 0 Å². The molecule has 22 heavy (non-hydrogen) atoms. The summed E-state index contributed by atoms with van der Waals surface area (Å²) in [6.07, 6.45) is 1.76. The molecule has 1 aromatic carbocycles. The standard InChI is InChI=1S/C15H16N2O4S/c1-20-12-8-10(2-3-11(12)18)9-13-14(19)16-15(22-13)17-4-6-21-7-5-17/h2-3,8-9,18H,4-7H2,1H3/b13-9-. The third-order valence-corrected chi connectivity index (χ3v) is 4.44. The number of methoxy groups -OCH3 is 1.